The third-order valence-electron chi connectivity index (χ3n) is 2.82. The molecule has 15 heavy (non-hydrogen) atoms. The normalized spacial score (nSPS) is 24.3. The highest BCUT2D eigenvalue weighted by Crippen LogP contribution is 2.16. The van der Waals surface area contributed by atoms with Gasteiger partial charge < -0.3 is 4.90 Å². The van der Waals surface area contributed by atoms with E-state index in [0.717, 1.165) is 18.7 Å². The Hall–Kier alpha value is -1.19. The lowest BCUT2D eigenvalue weighted by molar-refractivity contribution is -0.131. The summed E-state index contributed by atoms with van der Waals surface area (Å²) in [7, 11) is 0. The lowest BCUT2D eigenvalue weighted by Gasteiger charge is -2.30. The Kier molecular flexibility index (Phi) is 2.84. The SMILES string of the molecule is CC(C)CC(=O)N1CCC2N=CN=C2C1. The molecule has 2 heterocycles. The monoisotopic (exact) mass is 207 g/mol. The van der Waals surface area contributed by atoms with Gasteiger partial charge in [-0.2, -0.15) is 0 Å². The van der Waals surface area contributed by atoms with Crippen LogP contribution < -0.4 is 0 Å². The summed E-state index contributed by atoms with van der Waals surface area (Å²) in [6, 6.07) is 0.257. The Labute approximate surface area is 90.1 Å². The Morgan fingerprint density at radius 1 is 1.67 bits per heavy atom. The number of fused-ring (bicyclic) bond motifs is 1. The third kappa shape index (κ3) is 2.25. The molecule has 0 bridgehead atoms. The molecule has 0 aromatic carbocycles. The lowest BCUT2D eigenvalue weighted by atomic mass is 10.0. The van der Waals surface area contributed by atoms with Crippen LogP contribution in [0.5, 0.6) is 0 Å². The van der Waals surface area contributed by atoms with Gasteiger partial charge in [0.05, 0.1) is 18.3 Å². The lowest BCUT2D eigenvalue weighted by Crippen LogP contribution is -2.45. The van der Waals surface area contributed by atoms with Crippen molar-refractivity contribution in [3.63, 3.8) is 0 Å². The van der Waals surface area contributed by atoms with Gasteiger partial charge in [0, 0.05) is 13.0 Å². The highest BCUT2D eigenvalue weighted by atomic mass is 16.2. The first-order valence-corrected chi connectivity index (χ1v) is 5.53. The maximum atomic E-state index is 11.8. The summed E-state index contributed by atoms with van der Waals surface area (Å²) in [6.45, 7) is 5.64. The van der Waals surface area contributed by atoms with Gasteiger partial charge in [-0.25, -0.2) is 4.99 Å². The van der Waals surface area contributed by atoms with Crippen molar-refractivity contribution in [1.82, 2.24) is 4.90 Å². The van der Waals surface area contributed by atoms with Crippen molar-refractivity contribution in [3.05, 3.63) is 0 Å². The molecular formula is C11H17N3O. The van der Waals surface area contributed by atoms with Gasteiger partial charge in [-0.15, -0.1) is 0 Å². The van der Waals surface area contributed by atoms with Crippen LogP contribution in [0.4, 0.5) is 0 Å². The zero-order chi connectivity index (χ0) is 10.8. The van der Waals surface area contributed by atoms with E-state index in [9.17, 15) is 4.79 Å². The van der Waals surface area contributed by atoms with Gasteiger partial charge in [-0.3, -0.25) is 9.79 Å². The summed E-state index contributed by atoms with van der Waals surface area (Å²) in [5, 5.41) is 0. The van der Waals surface area contributed by atoms with Crippen molar-refractivity contribution in [3.8, 4) is 0 Å². The van der Waals surface area contributed by atoms with Crippen molar-refractivity contribution < 1.29 is 4.79 Å². The summed E-state index contributed by atoms with van der Waals surface area (Å²) in [5.41, 5.74) is 1.05. The Morgan fingerprint density at radius 2 is 2.47 bits per heavy atom. The minimum absolute atomic E-state index is 0.248. The predicted octanol–water partition coefficient (Wildman–Crippen LogP) is 1.12. The van der Waals surface area contributed by atoms with Crippen LogP contribution in [-0.4, -0.2) is 42.0 Å². The summed E-state index contributed by atoms with van der Waals surface area (Å²) < 4.78 is 0. The first-order valence-electron chi connectivity index (χ1n) is 5.53. The second kappa shape index (κ2) is 4.13. The van der Waals surface area contributed by atoms with E-state index in [1.807, 2.05) is 4.90 Å². The molecule has 4 nitrogen and oxygen atoms in total. The van der Waals surface area contributed by atoms with E-state index in [4.69, 9.17) is 0 Å². The van der Waals surface area contributed by atoms with Gasteiger partial charge in [0.2, 0.25) is 5.91 Å². The molecule has 1 amide bonds. The molecule has 1 unspecified atom stereocenters. The molecule has 2 aliphatic rings. The van der Waals surface area contributed by atoms with Crippen LogP contribution in [0.2, 0.25) is 0 Å². The summed E-state index contributed by atoms with van der Waals surface area (Å²) >= 11 is 0. The number of hydrogen-bond donors (Lipinski definition) is 0. The minimum atomic E-state index is 0.248. The summed E-state index contributed by atoms with van der Waals surface area (Å²) in [6.07, 6.45) is 3.19. The van der Waals surface area contributed by atoms with Crippen LogP contribution >= 0.6 is 0 Å². The molecule has 0 aromatic rings. The highest BCUT2D eigenvalue weighted by Gasteiger charge is 2.29. The smallest absolute Gasteiger partial charge is 0.223 e. The van der Waals surface area contributed by atoms with Crippen LogP contribution in [0, 0.1) is 5.92 Å². The first-order chi connectivity index (χ1) is 7.16. The molecule has 1 saturated heterocycles. The zero-order valence-corrected chi connectivity index (χ0v) is 9.31. The van der Waals surface area contributed by atoms with Crippen molar-refractivity contribution in [2.45, 2.75) is 32.7 Å². The first kappa shape index (κ1) is 10.3. The van der Waals surface area contributed by atoms with Crippen LogP contribution in [0.25, 0.3) is 0 Å². The molecule has 2 rings (SSSR count). The van der Waals surface area contributed by atoms with Crippen molar-refractivity contribution in [2.24, 2.45) is 15.9 Å². The number of nitrogens with zero attached hydrogens (tertiary/aromatic N) is 3. The standard InChI is InChI=1S/C11H17N3O/c1-8(2)5-11(15)14-4-3-9-10(6-14)13-7-12-9/h7-9H,3-6H2,1-2H3. The summed E-state index contributed by atoms with van der Waals surface area (Å²) in [5.74, 6) is 0.676. The van der Waals surface area contributed by atoms with Gasteiger partial charge in [0.25, 0.3) is 0 Å². The fourth-order valence-corrected chi connectivity index (χ4v) is 1.99. The third-order valence-corrected chi connectivity index (χ3v) is 2.82. The minimum Gasteiger partial charge on any atom is -0.337 e. The van der Waals surface area contributed by atoms with E-state index >= 15 is 0 Å². The van der Waals surface area contributed by atoms with Gasteiger partial charge in [-0.05, 0) is 12.3 Å². The van der Waals surface area contributed by atoms with E-state index in [-0.39, 0.29) is 11.9 Å². The number of hydrogen-bond acceptors (Lipinski definition) is 3. The molecule has 0 saturated carbocycles. The molecule has 0 N–H and O–H groups in total. The van der Waals surface area contributed by atoms with E-state index < -0.39 is 0 Å². The van der Waals surface area contributed by atoms with Crippen molar-refractivity contribution in [1.29, 1.82) is 0 Å². The number of aliphatic imine (C=N–C) groups is 2. The fourth-order valence-electron chi connectivity index (χ4n) is 1.99. The molecule has 1 fully saturated rings. The van der Waals surface area contributed by atoms with Crippen LogP contribution in [0.3, 0.4) is 0 Å². The average molecular weight is 207 g/mol. The molecule has 0 spiro atoms. The summed E-state index contributed by atoms with van der Waals surface area (Å²) in [4.78, 5) is 22.2. The number of likely N-dealkylation sites (tertiary alicyclic amines) is 1. The largest absolute Gasteiger partial charge is 0.337 e. The maximum Gasteiger partial charge on any atom is 0.223 e. The predicted molar refractivity (Wildman–Crippen MR) is 60.4 cm³/mol. The molecule has 0 aliphatic carbocycles. The molecule has 4 heteroatoms. The Balaban J connectivity index is 1.93. The number of piperidine rings is 1. The van der Waals surface area contributed by atoms with E-state index in [1.165, 1.54) is 0 Å². The molecule has 82 valence electrons. The number of rotatable bonds is 2. The second-order valence-electron chi connectivity index (χ2n) is 4.60. The maximum absolute atomic E-state index is 11.8. The van der Waals surface area contributed by atoms with E-state index in [2.05, 4.69) is 23.8 Å². The zero-order valence-electron chi connectivity index (χ0n) is 9.31. The topological polar surface area (TPSA) is 45.0 Å². The molecule has 2 aliphatic heterocycles. The van der Waals surface area contributed by atoms with Crippen molar-refractivity contribution in [2.75, 3.05) is 13.1 Å². The van der Waals surface area contributed by atoms with Crippen molar-refractivity contribution >= 4 is 18.0 Å². The highest BCUT2D eigenvalue weighted by molar-refractivity contribution is 6.02. The van der Waals surface area contributed by atoms with Gasteiger partial charge in [0.1, 0.15) is 6.34 Å². The van der Waals surface area contributed by atoms with Crippen LogP contribution in [0.15, 0.2) is 9.98 Å². The van der Waals surface area contributed by atoms with Crippen LogP contribution in [0.1, 0.15) is 26.7 Å². The number of carbonyl (C=O) groups is 1. The van der Waals surface area contributed by atoms with E-state index in [0.29, 0.717) is 18.9 Å². The van der Waals surface area contributed by atoms with Crippen LogP contribution in [-0.2, 0) is 4.79 Å². The number of carbonyl (C=O) groups excluding carboxylic acids is 1. The van der Waals surface area contributed by atoms with Gasteiger partial charge in [-0.1, -0.05) is 13.8 Å². The quantitative estimate of drug-likeness (QED) is 0.669. The molecular weight excluding hydrogens is 190 g/mol. The van der Waals surface area contributed by atoms with Gasteiger partial charge >= 0.3 is 0 Å². The molecule has 0 aromatic heterocycles. The average Bonchev–Trinajstić information content (AvgIpc) is 2.62. The molecule has 1 atom stereocenters. The Bertz CT molecular complexity index is 320. The second-order valence-corrected chi connectivity index (χ2v) is 4.60. The Morgan fingerprint density at radius 3 is 3.20 bits per heavy atom. The number of amides is 1. The van der Waals surface area contributed by atoms with Gasteiger partial charge in [0.15, 0.2) is 0 Å². The molecule has 0 radical (unpaired) electrons. The van der Waals surface area contributed by atoms with E-state index in [1.54, 1.807) is 6.34 Å². The fraction of sp³-hybridized carbons (Fsp3) is 0.727.